The van der Waals surface area contributed by atoms with E-state index in [4.69, 9.17) is 0 Å². The third-order valence-corrected chi connectivity index (χ3v) is 6.05. The van der Waals surface area contributed by atoms with E-state index in [1.165, 1.54) is 0 Å². The van der Waals surface area contributed by atoms with Crippen molar-refractivity contribution in [3.63, 3.8) is 0 Å². The number of H-pyrrole nitrogens is 1. The molecule has 0 aliphatic carbocycles. The summed E-state index contributed by atoms with van der Waals surface area (Å²) >= 11 is 0. The summed E-state index contributed by atoms with van der Waals surface area (Å²) in [4.78, 5) is 35.0. The maximum Gasteiger partial charge on any atom is 0.295 e. The topological polar surface area (TPSA) is 86.3 Å². The zero-order valence-electron chi connectivity index (χ0n) is 19.2. The SMILES string of the molecule is CC(C)(C)c1ccc(C2/C(=C(\O)c3ccccc3)C(=O)C(=O)N2CCCc2ncc[nH]2)cc1. The molecule has 1 aliphatic heterocycles. The van der Waals surface area contributed by atoms with Gasteiger partial charge in [-0.2, -0.15) is 0 Å². The number of carbonyl (C=O) groups excluding carboxylic acids is 2. The van der Waals surface area contributed by atoms with Crippen molar-refractivity contribution in [2.45, 2.75) is 45.1 Å². The average molecular weight is 444 g/mol. The van der Waals surface area contributed by atoms with Gasteiger partial charge in [0.15, 0.2) is 0 Å². The summed E-state index contributed by atoms with van der Waals surface area (Å²) < 4.78 is 0. The van der Waals surface area contributed by atoms with Gasteiger partial charge < -0.3 is 15.0 Å². The number of aryl methyl sites for hydroxylation is 1. The Hall–Kier alpha value is -3.67. The summed E-state index contributed by atoms with van der Waals surface area (Å²) in [5, 5.41) is 11.1. The van der Waals surface area contributed by atoms with Crippen LogP contribution in [0.4, 0.5) is 0 Å². The van der Waals surface area contributed by atoms with Gasteiger partial charge in [0.1, 0.15) is 11.6 Å². The van der Waals surface area contributed by atoms with Crippen LogP contribution in [0.25, 0.3) is 5.76 Å². The number of aliphatic hydroxyl groups is 1. The number of nitrogens with one attached hydrogen (secondary N) is 1. The molecular formula is C27H29N3O3. The van der Waals surface area contributed by atoms with Crippen molar-refractivity contribution >= 4 is 17.4 Å². The first-order valence-corrected chi connectivity index (χ1v) is 11.2. The second kappa shape index (κ2) is 9.06. The number of carbonyl (C=O) groups is 2. The molecule has 1 saturated heterocycles. The van der Waals surface area contributed by atoms with E-state index in [0.29, 0.717) is 24.9 Å². The number of Topliss-reactive ketones (excluding diaryl/α,β-unsaturated/α-hetero) is 1. The summed E-state index contributed by atoms with van der Waals surface area (Å²) in [7, 11) is 0. The molecule has 3 aromatic rings. The Labute approximate surface area is 194 Å². The first-order chi connectivity index (χ1) is 15.8. The lowest BCUT2D eigenvalue weighted by atomic mass is 9.85. The number of aromatic nitrogens is 2. The second-order valence-electron chi connectivity index (χ2n) is 9.37. The fourth-order valence-corrected chi connectivity index (χ4v) is 4.23. The molecule has 1 fully saturated rings. The van der Waals surface area contributed by atoms with Crippen LogP contribution in [0.1, 0.15) is 55.7 Å². The molecule has 1 aliphatic rings. The molecule has 0 radical (unpaired) electrons. The molecule has 1 amide bonds. The van der Waals surface area contributed by atoms with Gasteiger partial charge in [-0.3, -0.25) is 9.59 Å². The van der Waals surface area contributed by atoms with Crippen molar-refractivity contribution in [2.24, 2.45) is 0 Å². The zero-order valence-corrected chi connectivity index (χ0v) is 19.2. The Kier molecular flexibility index (Phi) is 6.18. The van der Waals surface area contributed by atoms with Crippen LogP contribution in [-0.2, 0) is 21.4 Å². The molecule has 1 unspecified atom stereocenters. The smallest absolute Gasteiger partial charge is 0.295 e. The standard InChI is InChI=1S/C27H29N3O3/c1-27(2,3)20-13-11-18(12-14-20)23-22(24(31)19-8-5-4-6-9-19)25(32)26(33)30(23)17-7-10-21-28-15-16-29-21/h4-6,8-9,11-16,23,31H,7,10,17H2,1-3H3,(H,28,29)/b24-22+. The van der Waals surface area contributed by atoms with Crippen molar-refractivity contribution in [1.82, 2.24) is 14.9 Å². The predicted molar refractivity (Wildman–Crippen MR) is 128 cm³/mol. The molecule has 6 nitrogen and oxygen atoms in total. The van der Waals surface area contributed by atoms with E-state index in [9.17, 15) is 14.7 Å². The molecule has 2 aromatic carbocycles. The Balaban J connectivity index is 1.73. The van der Waals surface area contributed by atoms with Gasteiger partial charge in [-0.05, 0) is 23.0 Å². The number of aromatic amines is 1. The van der Waals surface area contributed by atoms with Crippen molar-refractivity contribution in [2.75, 3.05) is 6.54 Å². The van der Waals surface area contributed by atoms with E-state index in [1.54, 1.807) is 41.6 Å². The van der Waals surface area contributed by atoms with Crippen molar-refractivity contribution in [3.8, 4) is 0 Å². The minimum atomic E-state index is -0.653. The van der Waals surface area contributed by atoms with Crippen LogP contribution in [0.2, 0.25) is 0 Å². The summed E-state index contributed by atoms with van der Waals surface area (Å²) in [5.74, 6) is -0.551. The molecular weight excluding hydrogens is 414 g/mol. The first kappa shape index (κ1) is 22.5. The van der Waals surface area contributed by atoms with Gasteiger partial charge in [-0.25, -0.2) is 4.98 Å². The molecule has 2 N–H and O–H groups in total. The molecule has 1 atom stereocenters. The van der Waals surface area contributed by atoms with Crippen LogP contribution in [0.15, 0.2) is 72.6 Å². The van der Waals surface area contributed by atoms with Gasteiger partial charge in [0, 0.05) is 30.9 Å². The maximum atomic E-state index is 13.1. The highest BCUT2D eigenvalue weighted by molar-refractivity contribution is 6.46. The lowest BCUT2D eigenvalue weighted by molar-refractivity contribution is -0.139. The number of amides is 1. The van der Waals surface area contributed by atoms with Crippen LogP contribution in [0.3, 0.4) is 0 Å². The minimum absolute atomic E-state index is 0.0204. The Morgan fingerprint density at radius 2 is 1.76 bits per heavy atom. The van der Waals surface area contributed by atoms with Gasteiger partial charge >= 0.3 is 0 Å². The summed E-state index contributed by atoms with van der Waals surface area (Å²) in [6, 6.07) is 16.2. The number of hydrogen-bond donors (Lipinski definition) is 2. The lowest BCUT2D eigenvalue weighted by Gasteiger charge is -2.26. The van der Waals surface area contributed by atoms with E-state index < -0.39 is 17.7 Å². The molecule has 0 spiro atoms. The van der Waals surface area contributed by atoms with Gasteiger partial charge in [-0.1, -0.05) is 75.4 Å². The van der Waals surface area contributed by atoms with E-state index in [0.717, 1.165) is 17.0 Å². The molecule has 170 valence electrons. The highest BCUT2D eigenvalue weighted by Gasteiger charge is 2.45. The number of likely N-dealkylation sites (tertiary alicyclic amines) is 1. The Bertz CT molecular complexity index is 1160. The first-order valence-electron chi connectivity index (χ1n) is 11.2. The van der Waals surface area contributed by atoms with Crippen LogP contribution >= 0.6 is 0 Å². The van der Waals surface area contributed by atoms with Gasteiger partial charge in [0.05, 0.1) is 11.6 Å². The normalized spacial score (nSPS) is 18.2. The van der Waals surface area contributed by atoms with Crippen LogP contribution in [0.5, 0.6) is 0 Å². The third kappa shape index (κ3) is 4.60. The second-order valence-corrected chi connectivity index (χ2v) is 9.37. The summed E-state index contributed by atoms with van der Waals surface area (Å²) in [5.41, 5.74) is 2.59. The predicted octanol–water partition coefficient (Wildman–Crippen LogP) is 4.76. The third-order valence-electron chi connectivity index (χ3n) is 6.05. The van der Waals surface area contributed by atoms with Crippen molar-refractivity contribution in [1.29, 1.82) is 0 Å². The van der Waals surface area contributed by atoms with Gasteiger partial charge in [0.25, 0.3) is 11.7 Å². The van der Waals surface area contributed by atoms with E-state index in [-0.39, 0.29) is 16.7 Å². The fourth-order valence-electron chi connectivity index (χ4n) is 4.23. The van der Waals surface area contributed by atoms with Crippen LogP contribution < -0.4 is 0 Å². The van der Waals surface area contributed by atoms with E-state index in [1.807, 2.05) is 30.3 Å². The van der Waals surface area contributed by atoms with Gasteiger partial charge in [0.2, 0.25) is 0 Å². The van der Waals surface area contributed by atoms with E-state index >= 15 is 0 Å². The lowest BCUT2D eigenvalue weighted by Crippen LogP contribution is -2.31. The van der Waals surface area contributed by atoms with Crippen molar-refractivity contribution < 1.29 is 14.7 Å². The van der Waals surface area contributed by atoms with Gasteiger partial charge in [-0.15, -0.1) is 0 Å². The summed E-state index contributed by atoms with van der Waals surface area (Å²) in [6.07, 6.45) is 4.75. The molecule has 1 aromatic heterocycles. The molecule has 0 saturated carbocycles. The molecule has 4 rings (SSSR count). The van der Waals surface area contributed by atoms with Crippen molar-refractivity contribution in [3.05, 3.63) is 95.1 Å². The van der Waals surface area contributed by atoms with E-state index in [2.05, 4.69) is 30.7 Å². The largest absolute Gasteiger partial charge is 0.507 e. The molecule has 33 heavy (non-hydrogen) atoms. The monoisotopic (exact) mass is 443 g/mol. The minimum Gasteiger partial charge on any atom is -0.507 e. The Morgan fingerprint density at radius 3 is 2.36 bits per heavy atom. The summed E-state index contributed by atoms with van der Waals surface area (Å²) in [6.45, 7) is 6.79. The highest BCUT2D eigenvalue weighted by atomic mass is 16.3. The quantitative estimate of drug-likeness (QED) is 0.327. The Morgan fingerprint density at radius 1 is 1.06 bits per heavy atom. The zero-order chi connectivity index (χ0) is 23.6. The highest BCUT2D eigenvalue weighted by Crippen LogP contribution is 2.40. The van der Waals surface area contributed by atoms with Crippen LogP contribution in [0, 0.1) is 0 Å². The average Bonchev–Trinajstić information content (AvgIpc) is 3.41. The fraction of sp³-hybridized carbons (Fsp3) is 0.296. The number of imidazole rings is 1. The number of nitrogens with zero attached hydrogens (tertiary/aromatic N) is 2. The number of hydrogen-bond acceptors (Lipinski definition) is 4. The maximum absolute atomic E-state index is 13.1. The molecule has 0 bridgehead atoms. The number of benzene rings is 2. The molecule has 6 heteroatoms. The number of aliphatic hydroxyl groups excluding tert-OH is 1. The number of rotatable bonds is 6. The van der Waals surface area contributed by atoms with Crippen LogP contribution in [-0.4, -0.2) is 38.2 Å². The number of ketones is 1. The molecule has 2 heterocycles.